The van der Waals surface area contributed by atoms with Crippen molar-refractivity contribution < 1.29 is 9.59 Å². The average molecular weight is 341 g/mol. The maximum absolute atomic E-state index is 12.5. The van der Waals surface area contributed by atoms with Crippen molar-refractivity contribution in [2.24, 2.45) is 0 Å². The van der Waals surface area contributed by atoms with Gasteiger partial charge in [0.05, 0.1) is 5.56 Å². The van der Waals surface area contributed by atoms with Gasteiger partial charge in [0.1, 0.15) is 5.03 Å². The van der Waals surface area contributed by atoms with Gasteiger partial charge in [0.2, 0.25) is 5.91 Å². The highest BCUT2D eigenvalue weighted by Gasteiger charge is 2.19. The molecule has 1 aliphatic heterocycles. The van der Waals surface area contributed by atoms with Crippen LogP contribution in [0.5, 0.6) is 0 Å². The SMILES string of the molecule is CSc1ncccc1C(=O)Nc1ccc2c(c1)CN(C(C)=O)CC2. The molecule has 1 aromatic heterocycles. The van der Waals surface area contributed by atoms with E-state index in [2.05, 4.69) is 10.3 Å². The van der Waals surface area contributed by atoms with E-state index in [-0.39, 0.29) is 11.8 Å². The van der Waals surface area contributed by atoms with Crippen LogP contribution in [0.4, 0.5) is 5.69 Å². The summed E-state index contributed by atoms with van der Waals surface area (Å²) in [7, 11) is 0. The first-order chi connectivity index (χ1) is 11.6. The average Bonchev–Trinajstić information content (AvgIpc) is 2.60. The van der Waals surface area contributed by atoms with Crippen molar-refractivity contribution in [1.82, 2.24) is 9.88 Å². The van der Waals surface area contributed by atoms with Gasteiger partial charge in [-0.25, -0.2) is 4.98 Å². The first-order valence-electron chi connectivity index (χ1n) is 7.76. The number of anilines is 1. The summed E-state index contributed by atoms with van der Waals surface area (Å²) in [5.41, 5.74) is 3.62. The number of hydrogen-bond acceptors (Lipinski definition) is 4. The van der Waals surface area contributed by atoms with Crippen molar-refractivity contribution in [1.29, 1.82) is 0 Å². The highest BCUT2D eigenvalue weighted by Crippen LogP contribution is 2.24. The Morgan fingerprint density at radius 2 is 2.08 bits per heavy atom. The zero-order valence-corrected chi connectivity index (χ0v) is 14.5. The van der Waals surface area contributed by atoms with E-state index in [0.29, 0.717) is 17.1 Å². The molecule has 0 unspecified atom stereocenters. The maximum atomic E-state index is 12.5. The van der Waals surface area contributed by atoms with Crippen LogP contribution < -0.4 is 5.32 Å². The molecule has 0 fully saturated rings. The number of fused-ring (bicyclic) bond motifs is 1. The van der Waals surface area contributed by atoms with Gasteiger partial charge in [-0.15, -0.1) is 11.8 Å². The van der Waals surface area contributed by atoms with Gasteiger partial charge in [0.15, 0.2) is 0 Å². The molecule has 1 N–H and O–H groups in total. The van der Waals surface area contributed by atoms with Crippen LogP contribution in [-0.2, 0) is 17.8 Å². The minimum Gasteiger partial charge on any atom is -0.338 e. The molecule has 2 amide bonds. The van der Waals surface area contributed by atoms with E-state index in [1.165, 1.54) is 17.3 Å². The molecule has 0 bridgehead atoms. The predicted molar refractivity (Wildman–Crippen MR) is 95.2 cm³/mol. The number of pyridine rings is 1. The van der Waals surface area contributed by atoms with Gasteiger partial charge in [0.25, 0.3) is 5.91 Å². The van der Waals surface area contributed by atoms with E-state index in [4.69, 9.17) is 0 Å². The monoisotopic (exact) mass is 341 g/mol. The zero-order chi connectivity index (χ0) is 17.1. The summed E-state index contributed by atoms with van der Waals surface area (Å²) in [6.45, 7) is 2.93. The summed E-state index contributed by atoms with van der Waals surface area (Å²) in [5.74, 6) is -0.0957. The molecule has 2 heterocycles. The number of hydrogen-bond donors (Lipinski definition) is 1. The largest absolute Gasteiger partial charge is 0.338 e. The van der Waals surface area contributed by atoms with Crippen LogP contribution in [0.25, 0.3) is 0 Å². The summed E-state index contributed by atoms with van der Waals surface area (Å²) < 4.78 is 0. The molecule has 0 aliphatic carbocycles. The summed E-state index contributed by atoms with van der Waals surface area (Å²) in [4.78, 5) is 30.1. The lowest BCUT2D eigenvalue weighted by atomic mass is 9.99. The summed E-state index contributed by atoms with van der Waals surface area (Å²) in [6.07, 6.45) is 4.43. The van der Waals surface area contributed by atoms with E-state index in [0.717, 1.165) is 24.2 Å². The van der Waals surface area contributed by atoms with Gasteiger partial charge in [-0.05, 0) is 48.1 Å². The summed E-state index contributed by atoms with van der Waals surface area (Å²) in [5, 5.41) is 3.64. The van der Waals surface area contributed by atoms with Crippen molar-refractivity contribution in [3.63, 3.8) is 0 Å². The number of carbonyl (C=O) groups is 2. The third-order valence-corrected chi connectivity index (χ3v) is 4.84. The van der Waals surface area contributed by atoms with Crippen molar-refractivity contribution >= 4 is 29.3 Å². The fourth-order valence-electron chi connectivity index (χ4n) is 2.83. The third-order valence-electron chi connectivity index (χ3n) is 4.13. The molecule has 0 spiro atoms. The predicted octanol–water partition coefficient (Wildman–Crippen LogP) is 2.96. The number of aromatic nitrogens is 1. The number of thioether (sulfide) groups is 1. The van der Waals surface area contributed by atoms with Crippen LogP contribution in [0, 0.1) is 0 Å². The lowest BCUT2D eigenvalue weighted by Gasteiger charge is -2.28. The van der Waals surface area contributed by atoms with Crippen LogP contribution in [0.15, 0.2) is 41.6 Å². The Hall–Kier alpha value is -2.34. The molecule has 6 heteroatoms. The molecular formula is C18H19N3O2S. The third kappa shape index (κ3) is 3.43. The zero-order valence-electron chi connectivity index (χ0n) is 13.7. The van der Waals surface area contributed by atoms with Gasteiger partial charge in [-0.3, -0.25) is 9.59 Å². The Labute approximate surface area is 145 Å². The molecule has 0 saturated heterocycles. The fourth-order valence-corrected chi connectivity index (χ4v) is 3.38. The lowest BCUT2D eigenvalue weighted by molar-refractivity contribution is -0.129. The van der Waals surface area contributed by atoms with Crippen LogP contribution in [0.3, 0.4) is 0 Å². The number of carbonyl (C=O) groups excluding carboxylic acids is 2. The van der Waals surface area contributed by atoms with Gasteiger partial charge in [-0.1, -0.05) is 6.07 Å². The molecule has 0 atom stereocenters. The number of rotatable bonds is 3. The molecule has 3 rings (SSSR count). The molecule has 5 nitrogen and oxygen atoms in total. The standard InChI is InChI=1S/C18H19N3O2S/c1-12(22)21-9-7-13-5-6-15(10-14(13)11-21)20-17(23)16-4-3-8-19-18(16)24-2/h3-6,8,10H,7,9,11H2,1-2H3,(H,20,23). The van der Waals surface area contributed by atoms with E-state index < -0.39 is 0 Å². The Balaban J connectivity index is 1.80. The van der Waals surface area contributed by atoms with Crippen molar-refractivity contribution in [3.05, 3.63) is 53.2 Å². The topological polar surface area (TPSA) is 62.3 Å². The fraction of sp³-hybridized carbons (Fsp3) is 0.278. The molecule has 1 aliphatic rings. The second kappa shape index (κ2) is 7.05. The minimum atomic E-state index is -0.174. The number of nitrogens with one attached hydrogen (secondary N) is 1. The van der Waals surface area contributed by atoms with E-state index >= 15 is 0 Å². The molecular weight excluding hydrogens is 322 g/mol. The van der Waals surface area contributed by atoms with Crippen LogP contribution in [-0.4, -0.2) is 34.5 Å². The summed E-state index contributed by atoms with van der Waals surface area (Å²) >= 11 is 1.44. The van der Waals surface area contributed by atoms with E-state index in [1.54, 1.807) is 25.3 Å². The van der Waals surface area contributed by atoms with Crippen molar-refractivity contribution in [2.75, 3.05) is 18.1 Å². The summed E-state index contributed by atoms with van der Waals surface area (Å²) in [6, 6.07) is 9.42. The Morgan fingerprint density at radius 1 is 1.25 bits per heavy atom. The minimum absolute atomic E-state index is 0.0788. The van der Waals surface area contributed by atoms with Gasteiger partial charge < -0.3 is 10.2 Å². The Morgan fingerprint density at radius 3 is 2.83 bits per heavy atom. The Bertz CT molecular complexity index is 792. The Kier molecular flexibility index (Phi) is 4.85. The van der Waals surface area contributed by atoms with Crippen molar-refractivity contribution in [3.8, 4) is 0 Å². The van der Waals surface area contributed by atoms with Crippen molar-refractivity contribution in [2.45, 2.75) is 24.9 Å². The molecule has 2 aromatic rings. The second-order valence-electron chi connectivity index (χ2n) is 5.69. The van der Waals surface area contributed by atoms with E-state index in [1.807, 2.05) is 29.4 Å². The van der Waals surface area contributed by atoms with Crippen LogP contribution in [0.1, 0.15) is 28.4 Å². The molecule has 0 saturated carbocycles. The highest BCUT2D eigenvalue weighted by atomic mass is 32.2. The number of nitrogens with zero attached hydrogens (tertiary/aromatic N) is 2. The van der Waals surface area contributed by atoms with Crippen LogP contribution >= 0.6 is 11.8 Å². The first-order valence-corrected chi connectivity index (χ1v) is 8.98. The molecule has 124 valence electrons. The first kappa shape index (κ1) is 16.5. The maximum Gasteiger partial charge on any atom is 0.258 e. The lowest BCUT2D eigenvalue weighted by Crippen LogP contribution is -2.34. The molecule has 1 aromatic carbocycles. The van der Waals surface area contributed by atoms with E-state index in [9.17, 15) is 9.59 Å². The smallest absolute Gasteiger partial charge is 0.258 e. The normalized spacial score (nSPS) is 13.3. The van der Waals surface area contributed by atoms with Gasteiger partial charge >= 0.3 is 0 Å². The quantitative estimate of drug-likeness (QED) is 0.872. The molecule has 0 radical (unpaired) electrons. The second-order valence-corrected chi connectivity index (χ2v) is 6.48. The van der Waals surface area contributed by atoms with Gasteiger partial charge in [-0.2, -0.15) is 0 Å². The molecule has 24 heavy (non-hydrogen) atoms. The van der Waals surface area contributed by atoms with Gasteiger partial charge in [0, 0.05) is 31.9 Å². The highest BCUT2D eigenvalue weighted by molar-refractivity contribution is 7.98. The number of benzene rings is 1. The number of amides is 2. The van der Waals surface area contributed by atoms with Crippen LogP contribution in [0.2, 0.25) is 0 Å².